The number of aliphatic hydroxyl groups excluding tert-OH is 1. The molecule has 2 nitrogen and oxygen atoms in total. The first-order valence-electron chi connectivity index (χ1n) is 4.29. The average molecular weight is 208 g/mol. The minimum atomic E-state index is -0.634. The van der Waals surface area contributed by atoms with Crippen molar-refractivity contribution in [2.45, 2.75) is 6.10 Å². The van der Waals surface area contributed by atoms with Crippen LogP contribution in [0.4, 0.5) is 0 Å². The molecule has 2 N–H and O–H groups in total. The molecule has 3 heteroatoms. The molecule has 0 saturated carbocycles. The fraction of sp³-hybridized carbons (Fsp3) is 0.0909. The van der Waals surface area contributed by atoms with E-state index >= 15 is 0 Å². The molecular formula is C11H10ClNO. The molecule has 1 aromatic heterocycles. The van der Waals surface area contributed by atoms with E-state index < -0.39 is 6.10 Å². The van der Waals surface area contributed by atoms with E-state index in [0.29, 0.717) is 5.02 Å². The Hall–Kier alpha value is -1.25. The van der Waals surface area contributed by atoms with Crippen LogP contribution in [-0.2, 0) is 0 Å². The molecule has 72 valence electrons. The fourth-order valence-electron chi connectivity index (χ4n) is 1.49. The lowest BCUT2D eigenvalue weighted by Crippen LogP contribution is -1.89. The van der Waals surface area contributed by atoms with Gasteiger partial charge in [-0.05, 0) is 12.1 Å². The normalized spacial score (nSPS) is 13.0. The van der Waals surface area contributed by atoms with Crippen LogP contribution in [0.2, 0.25) is 5.02 Å². The lowest BCUT2D eigenvalue weighted by Gasteiger charge is -2.02. The van der Waals surface area contributed by atoms with Crippen LogP contribution in [0.25, 0.3) is 10.9 Å². The number of fused-ring (bicyclic) bond motifs is 1. The number of aromatic amines is 1. The van der Waals surface area contributed by atoms with Crippen molar-refractivity contribution in [2.75, 3.05) is 0 Å². The van der Waals surface area contributed by atoms with E-state index in [1.54, 1.807) is 12.3 Å². The summed E-state index contributed by atoms with van der Waals surface area (Å²) < 4.78 is 0. The summed E-state index contributed by atoms with van der Waals surface area (Å²) in [7, 11) is 0. The third-order valence-electron chi connectivity index (χ3n) is 2.22. The summed E-state index contributed by atoms with van der Waals surface area (Å²) in [6.45, 7) is 3.55. The molecule has 2 rings (SSSR count). The van der Waals surface area contributed by atoms with Gasteiger partial charge >= 0.3 is 0 Å². The van der Waals surface area contributed by atoms with Crippen molar-refractivity contribution in [1.29, 1.82) is 0 Å². The maximum Gasteiger partial charge on any atom is 0.0989 e. The van der Waals surface area contributed by atoms with Gasteiger partial charge in [0.25, 0.3) is 0 Å². The van der Waals surface area contributed by atoms with Gasteiger partial charge in [-0.15, -0.1) is 6.58 Å². The van der Waals surface area contributed by atoms with Crippen LogP contribution in [0.1, 0.15) is 11.7 Å². The molecule has 1 atom stereocenters. The predicted molar refractivity (Wildman–Crippen MR) is 58.5 cm³/mol. The Kier molecular flexibility index (Phi) is 2.32. The Bertz CT molecular complexity index is 475. The van der Waals surface area contributed by atoms with Crippen molar-refractivity contribution in [1.82, 2.24) is 4.98 Å². The maximum absolute atomic E-state index is 9.61. The van der Waals surface area contributed by atoms with Crippen LogP contribution < -0.4 is 0 Å². The molecule has 1 heterocycles. The molecule has 0 radical (unpaired) electrons. The second kappa shape index (κ2) is 3.48. The second-order valence-corrected chi connectivity index (χ2v) is 3.55. The molecule has 2 aromatic rings. The van der Waals surface area contributed by atoms with Crippen molar-refractivity contribution in [2.24, 2.45) is 0 Å². The first kappa shape index (κ1) is 9.31. The van der Waals surface area contributed by atoms with Crippen molar-refractivity contribution in [3.8, 4) is 0 Å². The molecule has 0 aliphatic rings. The van der Waals surface area contributed by atoms with Gasteiger partial charge in [0.2, 0.25) is 0 Å². The van der Waals surface area contributed by atoms with Crippen molar-refractivity contribution < 1.29 is 5.11 Å². The van der Waals surface area contributed by atoms with Crippen LogP contribution in [-0.4, -0.2) is 10.1 Å². The summed E-state index contributed by atoms with van der Waals surface area (Å²) in [5, 5.41) is 11.3. The average Bonchev–Trinajstić information content (AvgIpc) is 2.59. The van der Waals surface area contributed by atoms with E-state index in [1.165, 1.54) is 6.08 Å². The maximum atomic E-state index is 9.61. The molecule has 0 aliphatic heterocycles. The molecule has 1 aromatic carbocycles. The van der Waals surface area contributed by atoms with Gasteiger partial charge in [-0.2, -0.15) is 0 Å². The Morgan fingerprint density at radius 2 is 2.29 bits per heavy atom. The van der Waals surface area contributed by atoms with Crippen molar-refractivity contribution >= 4 is 22.5 Å². The highest BCUT2D eigenvalue weighted by atomic mass is 35.5. The molecule has 0 aliphatic carbocycles. The monoisotopic (exact) mass is 207 g/mol. The highest BCUT2D eigenvalue weighted by Gasteiger charge is 2.09. The number of aliphatic hydroxyl groups is 1. The molecule has 0 bridgehead atoms. The highest BCUT2D eigenvalue weighted by molar-refractivity contribution is 6.31. The third-order valence-corrected chi connectivity index (χ3v) is 2.45. The zero-order valence-electron chi connectivity index (χ0n) is 7.50. The quantitative estimate of drug-likeness (QED) is 0.730. The zero-order chi connectivity index (χ0) is 10.1. The summed E-state index contributed by atoms with van der Waals surface area (Å²) >= 11 is 5.84. The number of nitrogens with one attached hydrogen (secondary N) is 1. The van der Waals surface area contributed by atoms with E-state index in [9.17, 15) is 5.11 Å². The molecule has 1 unspecified atom stereocenters. The Morgan fingerprint density at radius 3 is 3.00 bits per heavy atom. The molecule has 0 saturated heterocycles. The first-order chi connectivity index (χ1) is 6.72. The van der Waals surface area contributed by atoms with Gasteiger partial charge in [0, 0.05) is 27.7 Å². The van der Waals surface area contributed by atoms with Gasteiger partial charge in [-0.25, -0.2) is 0 Å². The summed E-state index contributed by atoms with van der Waals surface area (Å²) in [5.41, 5.74) is 1.75. The number of rotatable bonds is 2. The summed E-state index contributed by atoms with van der Waals surface area (Å²) in [6, 6.07) is 5.52. The lowest BCUT2D eigenvalue weighted by molar-refractivity contribution is 0.230. The molecule has 14 heavy (non-hydrogen) atoms. The van der Waals surface area contributed by atoms with Crippen LogP contribution in [0.15, 0.2) is 37.1 Å². The van der Waals surface area contributed by atoms with Gasteiger partial charge in [0.05, 0.1) is 6.10 Å². The number of hydrogen-bond donors (Lipinski definition) is 2. The summed E-state index contributed by atoms with van der Waals surface area (Å²) in [6.07, 6.45) is 2.63. The smallest absolute Gasteiger partial charge is 0.0989 e. The Labute approximate surface area is 86.8 Å². The summed E-state index contributed by atoms with van der Waals surface area (Å²) in [4.78, 5) is 3.05. The lowest BCUT2D eigenvalue weighted by atomic mass is 10.1. The van der Waals surface area contributed by atoms with Crippen molar-refractivity contribution in [3.63, 3.8) is 0 Å². The largest absolute Gasteiger partial charge is 0.384 e. The standard InChI is InChI=1S/C11H10ClNO/c1-2-11(14)9-6-13-10-5-7(12)3-4-8(9)10/h2-6,11,13-14H,1H2. The first-order valence-corrected chi connectivity index (χ1v) is 4.67. The van der Waals surface area contributed by atoms with Crippen LogP contribution >= 0.6 is 11.6 Å². The highest BCUT2D eigenvalue weighted by Crippen LogP contribution is 2.26. The Balaban J connectivity index is 2.63. The molecule has 0 spiro atoms. The van der Waals surface area contributed by atoms with E-state index in [4.69, 9.17) is 11.6 Å². The van der Waals surface area contributed by atoms with E-state index in [-0.39, 0.29) is 0 Å². The number of H-pyrrole nitrogens is 1. The molecule has 0 amide bonds. The SMILES string of the molecule is C=CC(O)c1c[nH]c2cc(Cl)ccc12. The van der Waals surface area contributed by atoms with Crippen molar-refractivity contribution in [3.05, 3.63) is 47.6 Å². The van der Waals surface area contributed by atoms with E-state index in [0.717, 1.165) is 16.5 Å². The minimum Gasteiger partial charge on any atom is -0.384 e. The minimum absolute atomic E-state index is 0.634. The van der Waals surface area contributed by atoms with Crippen LogP contribution in [0, 0.1) is 0 Å². The van der Waals surface area contributed by atoms with E-state index in [1.807, 2.05) is 12.1 Å². The zero-order valence-corrected chi connectivity index (χ0v) is 8.25. The number of benzene rings is 1. The number of aromatic nitrogens is 1. The van der Waals surface area contributed by atoms with Gasteiger partial charge in [0.15, 0.2) is 0 Å². The van der Waals surface area contributed by atoms with Crippen LogP contribution in [0.5, 0.6) is 0 Å². The van der Waals surface area contributed by atoms with Gasteiger partial charge in [0.1, 0.15) is 0 Å². The Morgan fingerprint density at radius 1 is 1.50 bits per heavy atom. The van der Waals surface area contributed by atoms with E-state index in [2.05, 4.69) is 11.6 Å². The topological polar surface area (TPSA) is 36.0 Å². The molecule has 0 fully saturated rings. The van der Waals surface area contributed by atoms with Gasteiger partial charge in [-0.1, -0.05) is 23.7 Å². The predicted octanol–water partition coefficient (Wildman–Crippen LogP) is 3.04. The van der Waals surface area contributed by atoms with Crippen LogP contribution in [0.3, 0.4) is 0 Å². The molecular weight excluding hydrogens is 198 g/mol. The number of hydrogen-bond acceptors (Lipinski definition) is 1. The number of halogens is 1. The van der Waals surface area contributed by atoms with Gasteiger partial charge < -0.3 is 10.1 Å². The third kappa shape index (κ3) is 1.43. The fourth-order valence-corrected chi connectivity index (χ4v) is 1.66. The summed E-state index contributed by atoms with van der Waals surface area (Å²) in [5.74, 6) is 0. The van der Waals surface area contributed by atoms with Gasteiger partial charge in [-0.3, -0.25) is 0 Å². The second-order valence-electron chi connectivity index (χ2n) is 3.11.